The maximum atomic E-state index is 13.0. The molecular weight excluding hydrogens is 300 g/mol. The van der Waals surface area contributed by atoms with Crippen molar-refractivity contribution in [2.24, 2.45) is 0 Å². The van der Waals surface area contributed by atoms with Crippen LogP contribution in [-0.2, 0) is 0 Å². The Balaban J connectivity index is 1.67. The second-order valence-corrected chi connectivity index (χ2v) is 6.60. The van der Waals surface area contributed by atoms with Crippen LogP contribution in [0.25, 0.3) is 11.0 Å². The summed E-state index contributed by atoms with van der Waals surface area (Å²) in [5, 5.41) is 10.7. The Morgan fingerprint density at radius 2 is 1.83 bits per heavy atom. The van der Waals surface area contributed by atoms with E-state index in [9.17, 15) is 4.79 Å². The van der Waals surface area contributed by atoms with Crippen LogP contribution in [0.2, 0.25) is 0 Å². The molecule has 0 radical (unpaired) electrons. The Hall–Kier alpha value is -2.69. The van der Waals surface area contributed by atoms with Gasteiger partial charge in [-0.1, -0.05) is 29.3 Å². The molecule has 2 aromatic carbocycles. The summed E-state index contributed by atoms with van der Waals surface area (Å²) in [4.78, 5) is 15.0. The molecule has 5 heteroatoms. The lowest BCUT2D eigenvalue weighted by Gasteiger charge is -2.26. The number of aromatic nitrogens is 3. The number of H-pyrrole nitrogens is 1. The number of hydrogen-bond donors (Lipinski definition) is 1. The number of aromatic amines is 1. The molecule has 1 fully saturated rings. The smallest absolute Gasteiger partial charge is 0.254 e. The van der Waals surface area contributed by atoms with Crippen molar-refractivity contribution in [3.05, 3.63) is 58.7 Å². The highest BCUT2D eigenvalue weighted by molar-refractivity contribution is 5.97. The molecule has 1 saturated heterocycles. The van der Waals surface area contributed by atoms with Gasteiger partial charge in [-0.05, 0) is 50.5 Å². The molecule has 1 aliphatic rings. The van der Waals surface area contributed by atoms with Crippen molar-refractivity contribution >= 4 is 16.9 Å². The average molecular weight is 320 g/mol. The quantitative estimate of drug-likeness (QED) is 0.785. The molecule has 0 bridgehead atoms. The highest BCUT2D eigenvalue weighted by Gasteiger charge is 2.31. The normalized spacial score (nSPS) is 17.6. The van der Waals surface area contributed by atoms with E-state index in [1.54, 1.807) is 0 Å². The number of hydrogen-bond acceptors (Lipinski definition) is 3. The maximum absolute atomic E-state index is 13.0. The molecule has 0 saturated carbocycles. The second-order valence-electron chi connectivity index (χ2n) is 6.60. The fraction of sp³-hybridized carbons (Fsp3) is 0.316. The van der Waals surface area contributed by atoms with Gasteiger partial charge in [0, 0.05) is 12.1 Å². The van der Waals surface area contributed by atoms with Gasteiger partial charge in [-0.2, -0.15) is 15.4 Å². The zero-order valence-corrected chi connectivity index (χ0v) is 13.9. The third kappa shape index (κ3) is 2.56. The highest BCUT2D eigenvalue weighted by atomic mass is 16.2. The number of aryl methyl sites for hydroxylation is 2. The van der Waals surface area contributed by atoms with Crippen LogP contribution in [0.15, 0.2) is 36.4 Å². The monoisotopic (exact) mass is 320 g/mol. The largest absolute Gasteiger partial charge is 0.332 e. The Morgan fingerprint density at radius 3 is 2.62 bits per heavy atom. The van der Waals surface area contributed by atoms with Crippen molar-refractivity contribution in [2.45, 2.75) is 32.7 Å². The minimum atomic E-state index is 0.0709. The van der Waals surface area contributed by atoms with Crippen molar-refractivity contribution < 1.29 is 4.79 Å². The van der Waals surface area contributed by atoms with E-state index in [-0.39, 0.29) is 11.9 Å². The van der Waals surface area contributed by atoms with Crippen LogP contribution >= 0.6 is 0 Å². The molecule has 4 rings (SSSR count). The predicted octanol–water partition coefficient (Wildman–Crippen LogP) is 3.55. The van der Waals surface area contributed by atoms with Crippen LogP contribution in [0.4, 0.5) is 0 Å². The van der Waals surface area contributed by atoms with Gasteiger partial charge in [0.2, 0.25) is 0 Å². The first-order valence-corrected chi connectivity index (χ1v) is 8.31. The summed E-state index contributed by atoms with van der Waals surface area (Å²) in [6.07, 6.45) is 2.05. The zero-order valence-electron chi connectivity index (χ0n) is 13.9. The summed E-state index contributed by atoms with van der Waals surface area (Å²) < 4.78 is 0. The SMILES string of the molecule is Cc1cc(C)cc([C@@H]2CCCN2C(=O)c2ccc3n[nH]nc3c2)c1. The third-order valence-electron chi connectivity index (χ3n) is 4.71. The van der Waals surface area contributed by atoms with E-state index < -0.39 is 0 Å². The Bertz CT molecular complexity index is 894. The Morgan fingerprint density at radius 1 is 1.08 bits per heavy atom. The fourth-order valence-electron chi connectivity index (χ4n) is 3.70. The summed E-state index contributed by atoms with van der Waals surface area (Å²) in [6.45, 7) is 5.01. The van der Waals surface area contributed by atoms with E-state index in [1.807, 2.05) is 23.1 Å². The Labute approximate surface area is 140 Å². The van der Waals surface area contributed by atoms with E-state index in [1.165, 1.54) is 16.7 Å². The van der Waals surface area contributed by atoms with Gasteiger partial charge in [0.15, 0.2) is 0 Å². The van der Waals surface area contributed by atoms with Crippen LogP contribution in [-0.4, -0.2) is 32.8 Å². The lowest BCUT2D eigenvalue weighted by Crippen LogP contribution is -2.30. The lowest BCUT2D eigenvalue weighted by atomic mass is 9.99. The van der Waals surface area contributed by atoms with Gasteiger partial charge in [0.25, 0.3) is 5.91 Å². The van der Waals surface area contributed by atoms with E-state index in [0.717, 1.165) is 30.4 Å². The molecule has 1 atom stereocenters. The summed E-state index contributed by atoms with van der Waals surface area (Å²) in [5.41, 5.74) is 5.90. The topological polar surface area (TPSA) is 61.9 Å². The standard InChI is InChI=1S/C19H20N4O/c1-12-8-13(2)10-15(9-12)18-4-3-7-23(18)19(24)14-5-6-16-17(11-14)21-22-20-16/h5-6,8-11,18H,3-4,7H2,1-2H3,(H,20,21,22)/t18-/m0/s1. The molecule has 1 aliphatic heterocycles. The molecule has 2 heterocycles. The first-order chi connectivity index (χ1) is 11.6. The molecule has 0 unspecified atom stereocenters. The molecule has 0 aliphatic carbocycles. The molecule has 24 heavy (non-hydrogen) atoms. The number of fused-ring (bicyclic) bond motifs is 1. The van der Waals surface area contributed by atoms with E-state index in [0.29, 0.717) is 5.56 Å². The first-order valence-electron chi connectivity index (χ1n) is 8.31. The van der Waals surface area contributed by atoms with Gasteiger partial charge in [0.05, 0.1) is 6.04 Å². The van der Waals surface area contributed by atoms with Crippen LogP contribution in [0.3, 0.4) is 0 Å². The van der Waals surface area contributed by atoms with Gasteiger partial charge in [-0.3, -0.25) is 4.79 Å². The number of amides is 1. The average Bonchev–Trinajstić information content (AvgIpc) is 3.21. The summed E-state index contributed by atoms with van der Waals surface area (Å²) >= 11 is 0. The van der Waals surface area contributed by atoms with Crippen LogP contribution in [0, 0.1) is 13.8 Å². The molecule has 5 nitrogen and oxygen atoms in total. The number of carbonyl (C=O) groups excluding carboxylic acids is 1. The van der Waals surface area contributed by atoms with Crippen molar-refractivity contribution in [3.8, 4) is 0 Å². The molecular formula is C19H20N4O. The molecule has 1 amide bonds. The summed E-state index contributed by atoms with van der Waals surface area (Å²) in [5.74, 6) is 0.0709. The molecule has 1 aromatic heterocycles. The number of carbonyl (C=O) groups is 1. The van der Waals surface area contributed by atoms with Crippen LogP contribution < -0.4 is 0 Å². The highest BCUT2D eigenvalue weighted by Crippen LogP contribution is 2.34. The number of rotatable bonds is 2. The van der Waals surface area contributed by atoms with E-state index >= 15 is 0 Å². The fourth-order valence-corrected chi connectivity index (χ4v) is 3.70. The van der Waals surface area contributed by atoms with Crippen LogP contribution in [0.5, 0.6) is 0 Å². The third-order valence-corrected chi connectivity index (χ3v) is 4.71. The molecule has 3 aromatic rings. The molecule has 0 spiro atoms. The van der Waals surface area contributed by atoms with Crippen molar-refractivity contribution in [1.29, 1.82) is 0 Å². The minimum Gasteiger partial charge on any atom is -0.332 e. The van der Waals surface area contributed by atoms with Gasteiger partial charge >= 0.3 is 0 Å². The minimum absolute atomic E-state index is 0.0709. The lowest BCUT2D eigenvalue weighted by molar-refractivity contribution is 0.0735. The van der Waals surface area contributed by atoms with Crippen molar-refractivity contribution in [2.75, 3.05) is 6.54 Å². The number of nitrogens with zero attached hydrogens (tertiary/aromatic N) is 3. The molecule has 1 N–H and O–H groups in total. The maximum Gasteiger partial charge on any atom is 0.254 e. The van der Waals surface area contributed by atoms with Crippen molar-refractivity contribution in [3.63, 3.8) is 0 Å². The first kappa shape index (κ1) is 14.9. The molecule has 122 valence electrons. The number of likely N-dealkylation sites (tertiary alicyclic amines) is 1. The van der Waals surface area contributed by atoms with E-state index in [2.05, 4.69) is 47.5 Å². The van der Waals surface area contributed by atoms with Gasteiger partial charge < -0.3 is 4.90 Å². The predicted molar refractivity (Wildman–Crippen MR) is 92.8 cm³/mol. The van der Waals surface area contributed by atoms with Gasteiger partial charge in [0.1, 0.15) is 11.0 Å². The zero-order chi connectivity index (χ0) is 16.7. The summed E-state index contributed by atoms with van der Waals surface area (Å²) in [7, 11) is 0. The van der Waals surface area contributed by atoms with Crippen molar-refractivity contribution in [1.82, 2.24) is 20.3 Å². The second kappa shape index (κ2) is 5.74. The van der Waals surface area contributed by atoms with Gasteiger partial charge in [-0.15, -0.1) is 0 Å². The van der Waals surface area contributed by atoms with E-state index in [4.69, 9.17) is 0 Å². The summed E-state index contributed by atoms with van der Waals surface area (Å²) in [6, 6.07) is 12.2. The number of nitrogens with one attached hydrogen (secondary N) is 1. The van der Waals surface area contributed by atoms with Crippen LogP contribution in [0.1, 0.15) is 45.9 Å². The Kier molecular flexibility index (Phi) is 3.56. The number of benzene rings is 2. The van der Waals surface area contributed by atoms with Gasteiger partial charge in [-0.25, -0.2) is 0 Å².